The minimum atomic E-state index is -0.878. The van der Waals surface area contributed by atoms with Crippen LogP contribution in [-0.4, -0.2) is 21.5 Å². The Bertz CT molecular complexity index is 1040. The van der Waals surface area contributed by atoms with Crippen molar-refractivity contribution in [2.75, 3.05) is 0 Å². The number of carbonyl (C=O) groups is 1. The van der Waals surface area contributed by atoms with Crippen LogP contribution in [-0.2, 0) is 0 Å². The van der Waals surface area contributed by atoms with Gasteiger partial charge in [-0.15, -0.1) is 0 Å². The van der Waals surface area contributed by atoms with E-state index in [1.807, 2.05) is 24.3 Å². The van der Waals surface area contributed by atoms with Crippen LogP contribution in [0.15, 0.2) is 55.0 Å². The third kappa shape index (κ3) is 3.99. The van der Waals surface area contributed by atoms with Gasteiger partial charge in [0.05, 0.1) is 12.5 Å². The molecule has 1 amide bonds. The molecule has 1 aromatic heterocycles. The van der Waals surface area contributed by atoms with E-state index in [2.05, 4.69) is 24.1 Å². The molecule has 4 nitrogen and oxygen atoms in total. The van der Waals surface area contributed by atoms with E-state index in [1.54, 1.807) is 17.1 Å². The molecule has 0 aliphatic heterocycles. The second-order valence-corrected chi connectivity index (χ2v) is 8.17. The van der Waals surface area contributed by atoms with Gasteiger partial charge in [0.15, 0.2) is 11.6 Å². The standard InChI is InChI=1S/C24H25F2N3O/c1-15-4-3-5-22(16(15)2)28-24(30)23-13-27-14-29(23)19-9-6-17(7-10-19)18-8-11-20(25)21(26)12-18/h6-16,22H,3-5H2,1-2H3,(H,28,30)/t15-,16-,22-/m1/s1. The molecule has 0 saturated heterocycles. The van der Waals surface area contributed by atoms with Gasteiger partial charge in [-0.2, -0.15) is 0 Å². The topological polar surface area (TPSA) is 46.9 Å². The molecule has 1 heterocycles. The second kappa shape index (κ2) is 8.38. The fourth-order valence-corrected chi connectivity index (χ4v) is 4.19. The highest BCUT2D eigenvalue weighted by molar-refractivity contribution is 5.93. The number of rotatable bonds is 4. The largest absolute Gasteiger partial charge is 0.348 e. The van der Waals surface area contributed by atoms with Crippen molar-refractivity contribution in [3.63, 3.8) is 0 Å². The van der Waals surface area contributed by atoms with E-state index in [9.17, 15) is 13.6 Å². The lowest BCUT2D eigenvalue weighted by Crippen LogP contribution is -2.44. The number of carbonyl (C=O) groups excluding carboxylic acids is 1. The summed E-state index contributed by atoms with van der Waals surface area (Å²) in [5.74, 6) is -0.849. The van der Waals surface area contributed by atoms with Gasteiger partial charge >= 0.3 is 0 Å². The second-order valence-electron chi connectivity index (χ2n) is 8.17. The lowest BCUT2D eigenvalue weighted by molar-refractivity contribution is 0.0884. The summed E-state index contributed by atoms with van der Waals surface area (Å²) in [7, 11) is 0. The summed E-state index contributed by atoms with van der Waals surface area (Å²) in [6, 6.07) is 11.3. The molecule has 3 atom stereocenters. The Hall–Kier alpha value is -3.02. The van der Waals surface area contributed by atoms with E-state index < -0.39 is 11.6 Å². The SMILES string of the molecule is C[C@@H]1[C@H](C)CCC[C@H]1NC(=O)c1cncn1-c1ccc(-c2ccc(F)c(F)c2)cc1. The number of nitrogens with one attached hydrogen (secondary N) is 1. The number of aromatic nitrogens is 2. The molecule has 0 unspecified atom stereocenters. The molecule has 156 valence electrons. The van der Waals surface area contributed by atoms with Crippen LogP contribution in [0.3, 0.4) is 0 Å². The Morgan fingerprint density at radius 2 is 1.77 bits per heavy atom. The lowest BCUT2D eigenvalue weighted by atomic mass is 9.78. The molecule has 0 spiro atoms. The van der Waals surface area contributed by atoms with Gasteiger partial charge in [0.2, 0.25) is 0 Å². The van der Waals surface area contributed by atoms with Crippen molar-refractivity contribution in [2.24, 2.45) is 11.8 Å². The third-order valence-electron chi connectivity index (χ3n) is 6.29. The van der Waals surface area contributed by atoms with Gasteiger partial charge in [0.1, 0.15) is 5.69 Å². The predicted molar refractivity (Wildman–Crippen MR) is 112 cm³/mol. The highest BCUT2D eigenvalue weighted by Gasteiger charge is 2.29. The third-order valence-corrected chi connectivity index (χ3v) is 6.29. The average Bonchev–Trinajstić information content (AvgIpc) is 3.24. The number of amides is 1. The first kappa shape index (κ1) is 20.3. The Labute approximate surface area is 175 Å². The summed E-state index contributed by atoms with van der Waals surface area (Å²) in [5.41, 5.74) is 2.59. The van der Waals surface area contributed by atoms with Crippen LogP contribution in [0.25, 0.3) is 16.8 Å². The van der Waals surface area contributed by atoms with Crippen molar-refractivity contribution in [1.82, 2.24) is 14.9 Å². The zero-order chi connectivity index (χ0) is 21.3. The summed E-state index contributed by atoms with van der Waals surface area (Å²) in [6.45, 7) is 4.44. The predicted octanol–water partition coefficient (Wildman–Crippen LogP) is 5.37. The summed E-state index contributed by atoms with van der Waals surface area (Å²) in [6.07, 6.45) is 6.50. The van der Waals surface area contributed by atoms with Crippen LogP contribution < -0.4 is 5.32 Å². The molecule has 6 heteroatoms. The van der Waals surface area contributed by atoms with Crippen LogP contribution in [0.2, 0.25) is 0 Å². The highest BCUT2D eigenvalue weighted by Crippen LogP contribution is 2.30. The molecule has 1 fully saturated rings. The maximum absolute atomic E-state index is 13.5. The molecule has 1 N–H and O–H groups in total. The summed E-state index contributed by atoms with van der Waals surface area (Å²) < 4.78 is 28.4. The number of benzene rings is 2. The van der Waals surface area contributed by atoms with Crippen molar-refractivity contribution in [3.8, 4) is 16.8 Å². The molecule has 30 heavy (non-hydrogen) atoms. The maximum atomic E-state index is 13.5. The van der Waals surface area contributed by atoms with Crippen LogP contribution in [0, 0.1) is 23.5 Å². The van der Waals surface area contributed by atoms with E-state index >= 15 is 0 Å². The van der Waals surface area contributed by atoms with Crippen molar-refractivity contribution in [1.29, 1.82) is 0 Å². The molecule has 2 aromatic carbocycles. The van der Waals surface area contributed by atoms with Gasteiger partial charge in [0, 0.05) is 11.7 Å². The first-order valence-electron chi connectivity index (χ1n) is 10.3. The molecule has 1 saturated carbocycles. The van der Waals surface area contributed by atoms with Gasteiger partial charge in [-0.25, -0.2) is 13.8 Å². The average molecular weight is 409 g/mol. The minimum absolute atomic E-state index is 0.136. The highest BCUT2D eigenvalue weighted by atomic mass is 19.2. The molecule has 0 bridgehead atoms. The number of halogens is 2. The van der Waals surface area contributed by atoms with Crippen LogP contribution in [0.1, 0.15) is 43.6 Å². The van der Waals surface area contributed by atoms with E-state index in [4.69, 9.17) is 0 Å². The van der Waals surface area contributed by atoms with E-state index in [0.29, 0.717) is 23.1 Å². The zero-order valence-corrected chi connectivity index (χ0v) is 17.1. The van der Waals surface area contributed by atoms with Crippen LogP contribution in [0.4, 0.5) is 8.78 Å². The van der Waals surface area contributed by atoms with E-state index in [0.717, 1.165) is 30.2 Å². The van der Waals surface area contributed by atoms with Gasteiger partial charge in [-0.3, -0.25) is 9.36 Å². The zero-order valence-electron chi connectivity index (χ0n) is 17.1. The van der Waals surface area contributed by atoms with Crippen molar-refractivity contribution < 1.29 is 13.6 Å². The quantitative estimate of drug-likeness (QED) is 0.630. The first-order valence-corrected chi connectivity index (χ1v) is 10.3. The monoisotopic (exact) mass is 409 g/mol. The summed E-state index contributed by atoms with van der Waals surface area (Å²) in [5, 5.41) is 3.18. The summed E-state index contributed by atoms with van der Waals surface area (Å²) in [4.78, 5) is 17.1. The Morgan fingerprint density at radius 3 is 2.50 bits per heavy atom. The van der Waals surface area contributed by atoms with E-state index in [-0.39, 0.29) is 11.9 Å². The minimum Gasteiger partial charge on any atom is -0.348 e. The maximum Gasteiger partial charge on any atom is 0.270 e. The molecule has 4 rings (SSSR count). The number of nitrogens with zero attached hydrogens (tertiary/aromatic N) is 2. The van der Waals surface area contributed by atoms with Gasteiger partial charge in [-0.1, -0.05) is 44.9 Å². The number of hydrogen-bond acceptors (Lipinski definition) is 2. The Kier molecular flexibility index (Phi) is 5.66. The molecule has 1 aliphatic carbocycles. The summed E-state index contributed by atoms with van der Waals surface area (Å²) >= 11 is 0. The first-order chi connectivity index (χ1) is 14.4. The molecule has 0 radical (unpaired) electrons. The normalized spacial score (nSPS) is 21.4. The van der Waals surface area contributed by atoms with Gasteiger partial charge in [0.25, 0.3) is 5.91 Å². The van der Waals surface area contributed by atoms with Crippen molar-refractivity contribution in [2.45, 2.75) is 39.2 Å². The number of hydrogen-bond donors (Lipinski definition) is 1. The van der Waals surface area contributed by atoms with Crippen LogP contribution >= 0.6 is 0 Å². The fraction of sp³-hybridized carbons (Fsp3) is 0.333. The Balaban J connectivity index is 1.54. The Morgan fingerprint density at radius 1 is 1.03 bits per heavy atom. The molecular formula is C24H25F2N3O. The molecular weight excluding hydrogens is 384 g/mol. The van der Waals surface area contributed by atoms with E-state index in [1.165, 1.54) is 18.6 Å². The van der Waals surface area contributed by atoms with Crippen molar-refractivity contribution in [3.05, 3.63) is 72.3 Å². The van der Waals surface area contributed by atoms with Crippen LogP contribution in [0.5, 0.6) is 0 Å². The fourth-order valence-electron chi connectivity index (χ4n) is 4.19. The van der Waals surface area contributed by atoms with Crippen molar-refractivity contribution >= 4 is 5.91 Å². The molecule has 1 aliphatic rings. The number of imidazole rings is 1. The smallest absolute Gasteiger partial charge is 0.270 e. The van der Waals surface area contributed by atoms with Gasteiger partial charge in [-0.05, 0) is 53.6 Å². The molecule has 3 aromatic rings. The van der Waals surface area contributed by atoms with Gasteiger partial charge < -0.3 is 5.32 Å². The lowest BCUT2D eigenvalue weighted by Gasteiger charge is -2.34.